The molecule has 0 bridgehead atoms. The summed E-state index contributed by atoms with van der Waals surface area (Å²) in [7, 11) is 0. The number of hydrogen-bond acceptors (Lipinski definition) is 6. The fourth-order valence-electron chi connectivity index (χ4n) is 2.31. The van der Waals surface area contributed by atoms with Gasteiger partial charge < -0.3 is 9.47 Å². The molecule has 27 heavy (non-hydrogen) atoms. The van der Waals surface area contributed by atoms with Crippen LogP contribution in [0.2, 0.25) is 5.02 Å². The minimum atomic E-state index is -0.586. The Balaban J connectivity index is 1.84. The summed E-state index contributed by atoms with van der Waals surface area (Å²) in [5.41, 5.74) is 1.51. The number of fused-ring (bicyclic) bond motifs is 1. The van der Waals surface area contributed by atoms with Gasteiger partial charge in [-0.1, -0.05) is 11.6 Å². The monoisotopic (exact) mass is 389 g/mol. The standard InChI is InChI=1S/C18H20ClN5O3/c1-10-11(2)22-16-20-9-21-24(16)15(10)26-14-7-6-12(8-13(14)19)23-17(25)27-18(3,4)5/h6-9H,1-5H3,(H,23,25). The minimum absolute atomic E-state index is 0.325. The lowest BCUT2D eigenvalue weighted by atomic mass is 10.2. The smallest absolute Gasteiger partial charge is 0.412 e. The second-order valence-corrected chi connectivity index (χ2v) is 7.38. The molecule has 0 unspecified atom stereocenters. The average Bonchev–Trinajstić information content (AvgIpc) is 2.99. The number of nitrogens with zero attached hydrogens (tertiary/aromatic N) is 4. The van der Waals surface area contributed by atoms with Crippen LogP contribution in [0.3, 0.4) is 0 Å². The van der Waals surface area contributed by atoms with Crippen molar-refractivity contribution in [1.82, 2.24) is 19.6 Å². The fourth-order valence-corrected chi connectivity index (χ4v) is 2.53. The molecule has 1 amide bonds. The lowest BCUT2D eigenvalue weighted by Crippen LogP contribution is -2.27. The number of carbonyl (C=O) groups is 1. The van der Waals surface area contributed by atoms with Gasteiger partial charge in [0.1, 0.15) is 17.7 Å². The SMILES string of the molecule is Cc1nc2ncnn2c(Oc2ccc(NC(=O)OC(C)(C)C)cc2Cl)c1C. The van der Waals surface area contributed by atoms with E-state index >= 15 is 0 Å². The number of rotatable bonds is 3. The van der Waals surface area contributed by atoms with Crippen molar-refractivity contribution < 1.29 is 14.3 Å². The number of nitrogens with one attached hydrogen (secondary N) is 1. The lowest BCUT2D eigenvalue weighted by Gasteiger charge is -2.20. The highest BCUT2D eigenvalue weighted by Gasteiger charge is 2.18. The van der Waals surface area contributed by atoms with Gasteiger partial charge in [-0.15, -0.1) is 0 Å². The third kappa shape index (κ3) is 4.28. The van der Waals surface area contributed by atoms with E-state index in [1.807, 2.05) is 13.8 Å². The second-order valence-electron chi connectivity index (χ2n) is 6.97. The van der Waals surface area contributed by atoms with Gasteiger partial charge in [0.15, 0.2) is 0 Å². The number of benzene rings is 1. The average molecular weight is 390 g/mol. The molecule has 1 aromatic carbocycles. The van der Waals surface area contributed by atoms with Crippen LogP contribution in [-0.2, 0) is 4.74 Å². The number of amides is 1. The van der Waals surface area contributed by atoms with E-state index in [4.69, 9.17) is 21.1 Å². The third-order valence-corrected chi connectivity index (χ3v) is 3.93. The number of hydrogen-bond donors (Lipinski definition) is 1. The predicted molar refractivity (Wildman–Crippen MR) is 102 cm³/mol. The van der Waals surface area contributed by atoms with Crippen LogP contribution in [0, 0.1) is 13.8 Å². The molecule has 8 nitrogen and oxygen atoms in total. The maximum Gasteiger partial charge on any atom is 0.412 e. The van der Waals surface area contributed by atoms with Crippen LogP contribution in [-0.4, -0.2) is 31.3 Å². The predicted octanol–water partition coefficient (Wildman–Crippen LogP) is 4.53. The molecule has 3 rings (SSSR count). The molecule has 9 heteroatoms. The zero-order chi connectivity index (χ0) is 19.8. The van der Waals surface area contributed by atoms with Crippen LogP contribution >= 0.6 is 11.6 Å². The van der Waals surface area contributed by atoms with Crippen molar-refractivity contribution in [3.63, 3.8) is 0 Å². The summed E-state index contributed by atoms with van der Waals surface area (Å²) in [5, 5.41) is 7.10. The zero-order valence-corrected chi connectivity index (χ0v) is 16.5. The quantitative estimate of drug-likeness (QED) is 0.707. The number of aromatic nitrogens is 4. The first-order chi connectivity index (χ1) is 12.6. The van der Waals surface area contributed by atoms with Crippen molar-refractivity contribution in [1.29, 1.82) is 0 Å². The van der Waals surface area contributed by atoms with Crippen LogP contribution in [0.15, 0.2) is 24.5 Å². The Kier molecular flexibility index (Phi) is 4.93. The maximum absolute atomic E-state index is 11.9. The topological polar surface area (TPSA) is 90.6 Å². The van der Waals surface area contributed by atoms with Crippen molar-refractivity contribution in [2.45, 2.75) is 40.2 Å². The van der Waals surface area contributed by atoms with Crippen molar-refractivity contribution in [3.05, 3.63) is 40.8 Å². The Morgan fingerprint density at radius 3 is 2.67 bits per heavy atom. The molecule has 142 valence electrons. The molecule has 3 aromatic rings. The lowest BCUT2D eigenvalue weighted by molar-refractivity contribution is 0.0636. The van der Waals surface area contributed by atoms with E-state index in [1.165, 1.54) is 10.8 Å². The number of anilines is 1. The molecule has 0 aliphatic carbocycles. The van der Waals surface area contributed by atoms with Crippen LogP contribution in [0.25, 0.3) is 5.78 Å². The molecule has 0 fully saturated rings. The Hall–Kier alpha value is -2.87. The second kappa shape index (κ2) is 7.03. The van der Waals surface area contributed by atoms with E-state index < -0.39 is 11.7 Å². The molecule has 0 radical (unpaired) electrons. The molecule has 2 aromatic heterocycles. The van der Waals surface area contributed by atoms with E-state index in [-0.39, 0.29) is 0 Å². The highest BCUT2D eigenvalue weighted by atomic mass is 35.5. The van der Waals surface area contributed by atoms with Gasteiger partial charge in [-0.05, 0) is 52.8 Å². The third-order valence-electron chi connectivity index (χ3n) is 3.64. The Labute approximate surface area is 161 Å². The number of aryl methyl sites for hydroxylation is 1. The summed E-state index contributed by atoms with van der Waals surface area (Å²) in [6.45, 7) is 9.12. The fraction of sp³-hybridized carbons (Fsp3) is 0.333. The van der Waals surface area contributed by atoms with E-state index in [9.17, 15) is 4.79 Å². The highest BCUT2D eigenvalue weighted by molar-refractivity contribution is 6.32. The summed E-state index contributed by atoms with van der Waals surface area (Å²) in [6, 6.07) is 4.92. The van der Waals surface area contributed by atoms with Gasteiger partial charge in [-0.25, -0.2) is 9.78 Å². The van der Waals surface area contributed by atoms with Crippen molar-refractivity contribution in [3.8, 4) is 11.6 Å². The molecular formula is C18H20ClN5O3. The first kappa shape index (κ1) is 18.9. The number of ether oxygens (including phenoxy) is 2. The molecule has 0 saturated carbocycles. The summed E-state index contributed by atoms with van der Waals surface area (Å²) in [5.74, 6) is 1.33. The molecule has 1 N–H and O–H groups in total. The van der Waals surface area contributed by atoms with Gasteiger partial charge in [0.2, 0.25) is 5.88 Å². The first-order valence-electron chi connectivity index (χ1n) is 8.28. The molecule has 2 heterocycles. The summed E-state index contributed by atoms with van der Waals surface area (Å²) < 4.78 is 12.7. The van der Waals surface area contributed by atoms with Crippen LogP contribution in [0.4, 0.5) is 10.5 Å². The van der Waals surface area contributed by atoms with Crippen LogP contribution in [0.1, 0.15) is 32.0 Å². The van der Waals surface area contributed by atoms with Gasteiger partial charge in [0, 0.05) is 16.9 Å². The van der Waals surface area contributed by atoms with Crippen molar-refractivity contribution in [2.75, 3.05) is 5.32 Å². The normalized spacial score (nSPS) is 11.5. The Morgan fingerprint density at radius 2 is 2.00 bits per heavy atom. The van der Waals surface area contributed by atoms with Gasteiger partial charge in [-0.3, -0.25) is 5.32 Å². The number of halogens is 1. The van der Waals surface area contributed by atoms with Crippen molar-refractivity contribution in [2.24, 2.45) is 0 Å². The van der Waals surface area contributed by atoms with Gasteiger partial charge in [-0.2, -0.15) is 14.6 Å². The summed E-state index contributed by atoms with van der Waals surface area (Å²) >= 11 is 6.34. The molecule has 0 aliphatic heterocycles. The molecule has 0 spiro atoms. The largest absolute Gasteiger partial charge is 0.444 e. The molecule has 0 saturated heterocycles. The van der Waals surface area contributed by atoms with Crippen LogP contribution < -0.4 is 10.1 Å². The molecule has 0 atom stereocenters. The summed E-state index contributed by atoms with van der Waals surface area (Å²) in [6.07, 6.45) is 0.848. The molecule has 0 aliphatic rings. The van der Waals surface area contributed by atoms with E-state index in [1.54, 1.807) is 39.0 Å². The maximum atomic E-state index is 11.9. The van der Waals surface area contributed by atoms with Gasteiger partial charge >= 0.3 is 6.09 Å². The van der Waals surface area contributed by atoms with Crippen LogP contribution in [0.5, 0.6) is 11.6 Å². The Bertz CT molecular complexity index is 1010. The first-order valence-corrected chi connectivity index (χ1v) is 8.66. The minimum Gasteiger partial charge on any atom is -0.444 e. The van der Waals surface area contributed by atoms with Gasteiger partial charge in [0.25, 0.3) is 5.78 Å². The van der Waals surface area contributed by atoms with Gasteiger partial charge in [0.05, 0.1) is 5.02 Å². The van der Waals surface area contributed by atoms with Crippen molar-refractivity contribution >= 4 is 29.2 Å². The van der Waals surface area contributed by atoms with E-state index in [2.05, 4.69) is 20.4 Å². The summed E-state index contributed by atoms with van der Waals surface area (Å²) in [4.78, 5) is 20.3. The molecular weight excluding hydrogens is 370 g/mol. The van der Waals surface area contributed by atoms with E-state index in [0.717, 1.165) is 11.3 Å². The zero-order valence-electron chi connectivity index (χ0n) is 15.7. The van der Waals surface area contributed by atoms with E-state index in [0.29, 0.717) is 28.1 Å². The Morgan fingerprint density at radius 1 is 1.26 bits per heavy atom. The number of carbonyl (C=O) groups excluding carboxylic acids is 1. The highest BCUT2D eigenvalue weighted by Crippen LogP contribution is 2.33.